The van der Waals surface area contributed by atoms with Crippen LogP contribution >= 0.6 is 11.6 Å². The Hall–Kier alpha value is -2.86. The van der Waals surface area contributed by atoms with E-state index in [2.05, 4.69) is 9.88 Å². The maximum absolute atomic E-state index is 12.9. The Morgan fingerprint density at radius 2 is 1.67 bits per heavy atom. The molecule has 138 valence electrons. The van der Waals surface area contributed by atoms with Gasteiger partial charge in [0.2, 0.25) is 11.6 Å². The van der Waals surface area contributed by atoms with Crippen molar-refractivity contribution in [3.63, 3.8) is 0 Å². The number of anilines is 1. The second-order valence-electron chi connectivity index (χ2n) is 6.37. The summed E-state index contributed by atoms with van der Waals surface area (Å²) in [5.74, 6) is 0.176. The zero-order valence-electron chi connectivity index (χ0n) is 14.8. The van der Waals surface area contributed by atoms with E-state index in [1.807, 2.05) is 29.2 Å². The summed E-state index contributed by atoms with van der Waals surface area (Å²) in [7, 11) is 1.65. The molecule has 1 fully saturated rings. The fourth-order valence-electron chi connectivity index (χ4n) is 3.55. The Balaban J connectivity index is 1.57. The Bertz CT molecular complexity index is 949. The van der Waals surface area contributed by atoms with Gasteiger partial charge in [-0.2, -0.15) is 0 Å². The van der Waals surface area contributed by atoms with Crippen LogP contribution in [-0.4, -0.2) is 54.7 Å². The first-order chi connectivity index (χ1) is 13.1. The van der Waals surface area contributed by atoms with Crippen LogP contribution in [0.2, 0.25) is 0 Å². The molecule has 27 heavy (non-hydrogen) atoms. The van der Waals surface area contributed by atoms with Crippen molar-refractivity contribution in [2.75, 3.05) is 38.2 Å². The molecule has 0 atom stereocenters. The van der Waals surface area contributed by atoms with Gasteiger partial charge in [0.25, 0.3) is 0 Å². The molecule has 0 unspecified atom stereocenters. The number of ether oxygens (including phenoxy) is 1. The topological polar surface area (TPSA) is 62.7 Å². The van der Waals surface area contributed by atoms with Crippen LogP contribution in [0, 0.1) is 0 Å². The summed E-state index contributed by atoms with van der Waals surface area (Å²) in [6.45, 7) is 2.54. The number of ketones is 2. The van der Waals surface area contributed by atoms with E-state index in [0.717, 1.165) is 11.4 Å². The lowest BCUT2D eigenvalue weighted by atomic mass is 9.95. The minimum absolute atomic E-state index is 0.0445. The number of benzene rings is 1. The van der Waals surface area contributed by atoms with Crippen LogP contribution in [0.5, 0.6) is 5.75 Å². The molecule has 1 aromatic carbocycles. The van der Waals surface area contributed by atoms with E-state index in [1.165, 1.54) is 6.20 Å². The van der Waals surface area contributed by atoms with Crippen molar-refractivity contribution >= 4 is 28.9 Å². The summed E-state index contributed by atoms with van der Waals surface area (Å²) in [6, 6.07) is 11.1. The van der Waals surface area contributed by atoms with Crippen LogP contribution in [0.1, 0.15) is 20.8 Å². The van der Waals surface area contributed by atoms with E-state index in [0.29, 0.717) is 31.7 Å². The number of hydrogen-bond donors (Lipinski definition) is 0. The second-order valence-corrected chi connectivity index (χ2v) is 6.74. The van der Waals surface area contributed by atoms with Gasteiger partial charge >= 0.3 is 0 Å². The van der Waals surface area contributed by atoms with Gasteiger partial charge < -0.3 is 14.5 Å². The standard InChI is InChI=1S/C20H18ClN3O3/c1-27-15-7-3-2-6-14(15)23-9-11-24(12-10-23)18-16(21)20(26)17-13(19(18)25)5-4-8-22-17/h2-8H,9-12H2,1H3. The smallest absolute Gasteiger partial charge is 0.225 e. The Morgan fingerprint density at radius 3 is 2.41 bits per heavy atom. The summed E-state index contributed by atoms with van der Waals surface area (Å²) < 4.78 is 5.44. The third kappa shape index (κ3) is 2.96. The maximum Gasteiger partial charge on any atom is 0.225 e. The van der Waals surface area contributed by atoms with Crippen molar-refractivity contribution in [3.05, 3.63) is 64.6 Å². The van der Waals surface area contributed by atoms with Gasteiger partial charge in [-0.25, -0.2) is 0 Å². The highest BCUT2D eigenvalue weighted by Gasteiger charge is 2.36. The monoisotopic (exact) mass is 383 g/mol. The molecular weight excluding hydrogens is 366 g/mol. The fourth-order valence-corrected chi connectivity index (χ4v) is 3.85. The van der Waals surface area contributed by atoms with Crippen molar-refractivity contribution in [3.8, 4) is 5.75 Å². The molecule has 1 aromatic heterocycles. The van der Waals surface area contributed by atoms with Crippen molar-refractivity contribution in [2.24, 2.45) is 0 Å². The Morgan fingerprint density at radius 1 is 0.963 bits per heavy atom. The van der Waals surface area contributed by atoms with Crippen LogP contribution in [0.4, 0.5) is 5.69 Å². The van der Waals surface area contributed by atoms with Gasteiger partial charge in [0.1, 0.15) is 22.2 Å². The molecule has 7 heteroatoms. The molecule has 0 radical (unpaired) electrons. The molecule has 0 saturated carbocycles. The van der Waals surface area contributed by atoms with E-state index in [1.54, 1.807) is 19.2 Å². The number of fused-ring (bicyclic) bond motifs is 1. The summed E-state index contributed by atoms with van der Waals surface area (Å²) in [6.07, 6.45) is 1.49. The fraction of sp³-hybridized carbons (Fsp3) is 0.250. The SMILES string of the molecule is COc1ccccc1N1CCN(C2=C(Cl)C(=O)c3ncccc3C2=O)CC1. The number of aromatic nitrogens is 1. The van der Waals surface area contributed by atoms with Crippen molar-refractivity contribution in [1.82, 2.24) is 9.88 Å². The number of carbonyl (C=O) groups is 2. The lowest BCUT2D eigenvalue weighted by molar-refractivity contribution is 0.0941. The lowest BCUT2D eigenvalue weighted by Crippen LogP contribution is -2.48. The second kappa shape index (κ2) is 7.04. The highest BCUT2D eigenvalue weighted by molar-refractivity contribution is 6.49. The molecule has 0 amide bonds. The van der Waals surface area contributed by atoms with E-state index in [4.69, 9.17) is 16.3 Å². The van der Waals surface area contributed by atoms with Gasteiger partial charge in [-0.3, -0.25) is 14.6 Å². The van der Waals surface area contributed by atoms with Crippen LogP contribution in [0.3, 0.4) is 0 Å². The van der Waals surface area contributed by atoms with E-state index in [-0.39, 0.29) is 22.2 Å². The van der Waals surface area contributed by atoms with Crippen molar-refractivity contribution < 1.29 is 14.3 Å². The summed E-state index contributed by atoms with van der Waals surface area (Å²) in [4.78, 5) is 33.6. The number of allylic oxidation sites excluding steroid dienone is 2. The molecule has 0 N–H and O–H groups in total. The quantitative estimate of drug-likeness (QED) is 0.812. The van der Waals surface area contributed by atoms with Crippen molar-refractivity contribution in [2.45, 2.75) is 0 Å². The van der Waals surface area contributed by atoms with Gasteiger partial charge in [0.15, 0.2) is 0 Å². The highest BCUT2D eigenvalue weighted by Crippen LogP contribution is 2.32. The molecule has 1 aliphatic carbocycles. The molecule has 2 heterocycles. The highest BCUT2D eigenvalue weighted by atomic mass is 35.5. The molecule has 4 rings (SSSR count). The summed E-state index contributed by atoms with van der Waals surface area (Å²) in [5, 5.41) is -0.0445. The molecule has 6 nitrogen and oxygen atoms in total. The molecule has 2 aromatic rings. The molecule has 1 saturated heterocycles. The van der Waals surface area contributed by atoms with Crippen LogP contribution < -0.4 is 9.64 Å². The zero-order valence-corrected chi connectivity index (χ0v) is 15.6. The maximum atomic E-state index is 12.9. The van der Waals surface area contributed by atoms with Gasteiger partial charge in [-0.05, 0) is 24.3 Å². The molecule has 2 aliphatic rings. The number of hydrogen-bond acceptors (Lipinski definition) is 6. The lowest BCUT2D eigenvalue weighted by Gasteiger charge is -2.39. The first-order valence-electron chi connectivity index (χ1n) is 8.69. The average molecular weight is 384 g/mol. The first kappa shape index (κ1) is 17.5. The first-order valence-corrected chi connectivity index (χ1v) is 9.06. The number of methoxy groups -OCH3 is 1. The van der Waals surface area contributed by atoms with E-state index < -0.39 is 5.78 Å². The number of halogens is 1. The van der Waals surface area contributed by atoms with Gasteiger partial charge in [0.05, 0.1) is 18.4 Å². The number of para-hydroxylation sites is 2. The van der Waals surface area contributed by atoms with Crippen LogP contribution in [0.25, 0.3) is 0 Å². The number of carbonyl (C=O) groups excluding carboxylic acids is 2. The minimum Gasteiger partial charge on any atom is -0.495 e. The number of piperazine rings is 1. The normalized spacial score (nSPS) is 17.3. The molecule has 0 bridgehead atoms. The van der Waals surface area contributed by atoms with E-state index in [9.17, 15) is 9.59 Å². The number of rotatable bonds is 3. The third-order valence-corrected chi connectivity index (χ3v) is 5.26. The van der Waals surface area contributed by atoms with Crippen LogP contribution in [0.15, 0.2) is 53.3 Å². The number of nitrogens with zero attached hydrogens (tertiary/aromatic N) is 3. The summed E-state index contributed by atoms with van der Waals surface area (Å²) >= 11 is 6.28. The largest absolute Gasteiger partial charge is 0.495 e. The van der Waals surface area contributed by atoms with Gasteiger partial charge in [-0.1, -0.05) is 23.7 Å². The number of Topliss-reactive ketones (excluding diaryl/α,β-unsaturated/α-hetero) is 2. The molecular formula is C20H18ClN3O3. The Kier molecular flexibility index (Phi) is 4.58. The van der Waals surface area contributed by atoms with Crippen LogP contribution in [-0.2, 0) is 0 Å². The molecule has 1 aliphatic heterocycles. The minimum atomic E-state index is -0.394. The van der Waals surface area contributed by atoms with Crippen molar-refractivity contribution in [1.29, 1.82) is 0 Å². The molecule has 0 spiro atoms. The number of pyridine rings is 1. The van der Waals surface area contributed by atoms with Gasteiger partial charge in [-0.15, -0.1) is 0 Å². The third-order valence-electron chi connectivity index (χ3n) is 4.91. The predicted molar refractivity (Wildman–Crippen MR) is 103 cm³/mol. The van der Waals surface area contributed by atoms with E-state index >= 15 is 0 Å². The summed E-state index contributed by atoms with van der Waals surface area (Å²) in [5.41, 5.74) is 1.74. The average Bonchev–Trinajstić information content (AvgIpc) is 2.73. The predicted octanol–water partition coefficient (Wildman–Crippen LogP) is 2.74. The zero-order chi connectivity index (χ0) is 19.0. The Labute approximate surface area is 162 Å². The van der Waals surface area contributed by atoms with Gasteiger partial charge in [0, 0.05) is 32.4 Å².